The Bertz CT molecular complexity index is 410. The number of benzene rings is 1. The van der Waals surface area contributed by atoms with Gasteiger partial charge in [0.15, 0.2) is 0 Å². The number of nitrogens with zero attached hydrogens (tertiary/aromatic N) is 1. The topological polar surface area (TPSA) is 12.5 Å². The highest BCUT2D eigenvalue weighted by Gasteiger charge is 2.21. The fraction of sp³-hybridized carbons (Fsp3) is 0.647. The van der Waals surface area contributed by atoms with Gasteiger partial charge in [0.2, 0.25) is 0 Å². The van der Waals surface area contributed by atoms with Crippen LogP contribution >= 0.6 is 11.8 Å². The summed E-state index contributed by atoms with van der Waals surface area (Å²) in [4.78, 5) is 2.47. The van der Waals surface area contributed by atoms with Gasteiger partial charge in [0.1, 0.15) is 5.82 Å². The number of morpholine rings is 1. The van der Waals surface area contributed by atoms with Gasteiger partial charge >= 0.3 is 0 Å². The predicted octanol–water partition coefficient (Wildman–Crippen LogP) is 3.98. The molecule has 0 saturated carbocycles. The van der Waals surface area contributed by atoms with Gasteiger partial charge in [0.25, 0.3) is 0 Å². The van der Waals surface area contributed by atoms with Crippen molar-refractivity contribution in [3.05, 3.63) is 35.6 Å². The van der Waals surface area contributed by atoms with Gasteiger partial charge in [-0.25, -0.2) is 4.39 Å². The van der Waals surface area contributed by atoms with Gasteiger partial charge < -0.3 is 4.74 Å². The van der Waals surface area contributed by atoms with Crippen LogP contribution in [0.2, 0.25) is 0 Å². The third-order valence-corrected chi connectivity index (χ3v) is 5.09. The van der Waals surface area contributed by atoms with Gasteiger partial charge in [-0.2, -0.15) is 11.8 Å². The van der Waals surface area contributed by atoms with E-state index in [2.05, 4.69) is 18.7 Å². The van der Waals surface area contributed by atoms with Crippen LogP contribution in [0.3, 0.4) is 0 Å². The third kappa shape index (κ3) is 5.97. The first-order valence-electron chi connectivity index (χ1n) is 7.82. The van der Waals surface area contributed by atoms with E-state index in [4.69, 9.17) is 4.74 Å². The Morgan fingerprint density at radius 2 is 2.10 bits per heavy atom. The summed E-state index contributed by atoms with van der Waals surface area (Å²) in [6, 6.07) is 6.70. The average Bonchev–Trinajstić information content (AvgIpc) is 2.48. The zero-order chi connectivity index (χ0) is 15.1. The molecule has 0 aromatic heterocycles. The molecule has 1 aromatic rings. The van der Waals surface area contributed by atoms with Crippen LogP contribution in [0.25, 0.3) is 0 Å². The van der Waals surface area contributed by atoms with E-state index < -0.39 is 0 Å². The summed E-state index contributed by atoms with van der Waals surface area (Å²) in [5, 5.41) is 0. The smallest absolute Gasteiger partial charge is 0.123 e. The van der Waals surface area contributed by atoms with Crippen LogP contribution in [-0.4, -0.2) is 42.6 Å². The van der Waals surface area contributed by atoms with E-state index in [-0.39, 0.29) is 11.9 Å². The number of ether oxygens (including phenoxy) is 1. The molecular formula is C17H26FNOS. The van der Waals surface area contributed by atoms with Crippen molar-refractivity contribution >= 4 is 11.8 Å². The van der Waals surface area contributed by atoms with Crippen molar-refractivity contribution in [2.24, 2.45) is 5.92 Å². The van der Waals surface area contributed by atoms with Gasteiger partial charge in [-0.1, -0.05) is 26.0 Å². The van der Waals surface area contributed by atoms with Crippen molar-refractivity contribution in [3.63, 3.8) is 0 Å². The molecule has 1 saturated heterocycles. The normalized spacial score (nSPS) is 20.1. The molecule has 4 heteroatoms. The summed E-state index contributed by atoms with van der Waals surface area (Å²) >= 11 is 2.05. The maximum atomic E-state index is 13.0. The standard InChI is InChI=1S/C17H26FNOS/c1-14(2)13-21-11-3-8-19-9-10-20-17(12-19)15-4-6-16(18)7-5-15/h4-7,14,17H,3,8-13H2,1-2H3/t17-/m0/s1. The number of hydrogen-bond acceptors (Lipinski definition) is 3. The van der Waals surface area contributed by atoms with Gasteiger partial charge in [0.05, 0.1) is 12.7 Å². The van der Waals surface area contributed by atoms with E-state index in [0.717, 1.165) is 37.7 Å². The van der Waals surface area contributed by atoms with Gasteiger partial charge in [-0.3, -0.25) is 4.90 Å². The molecule has 1 aliphatic rings. The van der Waals surface area contributed by atoms with Crippen molar-refractivity contribution in [2.45, 2.75) is 26.4 Å². The second-order valence-electron chi connectivity index (χ2n) is 6.03. The quantitative estimate of drug-likeness (QED) is 0.707. The Labute approximate surface area is 132 Å². The largest absolute Gasteiger partial charge is 0.371 e. The summed E-state index contributed by atoms with van der Waals surface area (Å²) in [6.07, 6.45) is 1.32. The van der Waals surface area contributed by atoms with Crippen molar-refractivity contribution in [2.75, 3.05) is 37.7 Å². The van der Waals surface area contributed by atoms with Gasteiger partial charge in [0, 0.05) is 13.1 Å². The molecule has 21 heavy (non-hydrogen) atoms. The molecule has 0 unspecified atom stereocenters. The van der Waals surface area contributed by atoms with E-state index in [1.807, 2.05) is 23.9 Å². The Balaban J connectivity index is 1.72. The highest BCUT2D eigenvalue weighted by Crippen LogP contribution is 2.22. The van der Waals surface area contributed by atoms with E-state index in [9.17, 15) is 4.39 Å². The number of rotatable bonds is 7. The average molecular weight is 311 g/mol. The lowest BCUT2D eigenvalue weighted by molar-refractivity contribution is -0.0297. The van der Waals surface area contributed by atoms with E-state index in [0.29, 0.717) is 0 Å². The number of hydrogen-bond donors (Lipinski definition) is 0. The lowest BCUT2D eigenvalue weighted by Gasteiger charge is -2.33. The van der Waals surface area contributed by atoms with E-state index >= 15 is 0 Å². The first-order chi connectivity index (χ1) is 10.1. The molecule has 0 radical (unpaired) electrons. The molecule has 0 bridgehead atoms. The first kappa shape index (κ1) is 16.8. The zero-order valence-electron chi connectivity index (χ0n) is 13.1. The third-order valence-electron chi connectivity index (χ3n) is 3.61. The van der Waals surface area contributed by atoms with Gasteiger partial charge in [-0.05, 0) is 48.1 Å². The fourth-order valence-corrected chi connectivity index (χ4v) is 3.47. The molecule has 0 amide bonds. The van der Waals surface area contributed by atoms with E-state index in [1.165, 1.54) is 30.1 Å². The summed E-state index contributed by atoms with van der Waals surface area (Å²) in [6.45, 7) is 8.35. The van der Waals surface area contributed by atoms with Crippen LogP contribution in [0.1, 0.15) is 31.9 Å². The SMILES string of the molecule is CC(C)CSCCCN1CCO[C@H](c2ccc(F)cc2)C1. The van der Waals surface area contributed by atoms with Crippen LogP contribution < -0.4 is 0 Å². The minimum absolute atomic E-state index is 0.0858. The lowest BCUT2D eigenvalue weighted by Crippen LogP contribution is -2.39. The van der Waals surface area contributed by atoms with Crippen LogP contribution in [0.5, 0.6) is 0 Å². The Kier molecular flexibility index (Phi) is 7.00. The molecule has 0 N–H and O–H groups in total. The minimum Gasteiger partial charge on any atom is -0.371 e. The monoisotopic (exact) mass is 311 g/mol. The highest BCUT2D eigenvalue weighted by atomic mass is 32.2. The molecule has 118 valence electrons. The van der Waals surface area contributed by atoms with Crippen molar-refractivity contribution in [3.8, 4) is 0 Å². The summed E-state index contributed by atoms with van der Waals surface area (Å²) < 4.78 is 18.8. The summed E-state index contributed by atoms with van der Waals surface area (Å²) in [7, 11) is 0. The Morgan fingerprint density at radius 1 is 1.33 bits per heavy atom. The highest BCUT2D eigenvalue weighted by molar-refractivity contribution is 7.99. The lowest BCUT2D eigenvalue weighted by atomic mass is 10.1. The number of thioether (sulfide) groups is 1. The maximum Gasteiger partial charge on any atom is 0.123 e. The van der Waals surface area contributed by atoms with Crippen molar-refractivity contribution in [1.29, 1.82) is 0 Å². The van der Waals surface area contributed by atoms with E-state index in [1.54, 1.807) is 0 Å². The summed E-state index contributed by atoms with van der Waals surface area (Å²) in [5.74, 6) is 3.08. The Hall–Kier alpha value is -0.580. The minimum atomic E-state index is -0.186. The molecule has 1 aliphatic heterocycles. The molecule has 2 nitrogen and oxygen atoms in total. The molecule has 0 aliphatic carbocycles. The van der Waals surface area contributed by atoms with Gasteiger partial charge in [-0.15, -0.1) is 0 Å². The van der Waals surface area contributed by atoms with Crippen LogP contribution in [-0.2, 0) is 4.74 Å². The molecule has 0 spiro atoms. The second kappa shape index (κ2) is 8.76. The first-order valence-corrected chi connectivity index (χ1v) is 8.98. The molecule has 1 heterocycles. The molecule has 2 rings (SSSR count). The fourth-order valence-electron chi connectivity index (χ4n) is 2.49. The van der Waals surface area contributed by atoms with Crippen LogP contribution in [0.15, 0.2) is 24.3 Å². The second-order valence-corrected chi connectivity index (χ2v) is 7.18. The molecule has 1 atom stereocenters. The van der Waals surface area contributed by atoms with Crippen molar-refractivity contribution in [1.82, 2.24) is 4.90 Å². The number of halogens is 1. The van der Waals surface area contributed by atoms with Crippen LogP contribution in [0, 0.1) is 11.7 Å². The summed E-state index contributed by atoms with van der Waals surface area (Å²) in [5.41, 5.74) is 1.08. The van der Waals surface area contributed by atoms with Crippen LogP contribution in [0.4, 0.5) is 4.39 Å². The molecule has 1 aromatic carbocycles. The zero-order valence-corrected chi connectivity index (χ0v) is 13.9. The predicted molar refractivity (Wildman–Crippen MR) is 88.3 cm³/mol. The maximum absolute atomic E-state index is 13.0. The molecular weight excluding hydrogens is 285 g/mol. The van der Waals surface area contributed by atoms with Crippen molar-refractivity contribution < 1.29 is 9.13 Å². The Morgan fingerprint density at radius 3 is 2.81 bits per heavy atom. The molecule has 1 fully saturated rings.